The molecule has 0 aliphatic heterocycles. The molecule has 19 heavy (non-hydrogen) atoms. The molecule has 1 aromatic rings. The number of hydrogen-bond donors (Lipinski definition) is 3. The lowest BCUT2D eigenvalue weighted by Crippen LogP contribution is -2.24. The van der Waals surface area contributed by atoms with E-state index < -0.39 is 21.4 Å². The van der Waals surface area contributed by atoms with Crippen LogP contribution in [0.1, 0.15) is 23.0 Å². The van der Waals surface area contributed by atoms with Crippen molar-refractivity contribution in [3.63, 3.8) is 0 Å². The molecule has 0 spiro atoms. The van der Waals surface area contributed by atoms with Crippen LogP contribution in [0.25, 0.3) is 6.08 Å². The van der Waals surface area contributed by atoms with E-state index in [1.807, 2.05) is 0 Å². The van der Waals surface area contributed by atoms with E-state index in [9.17, 15) is 14.5 Å². The Morgan fingerprint density at radius 3 is 2.74 bits per heavy atom. The maximum absolute atomic E-state index is 11.8. The van der Waals surface area contributed by atoms with Gasteiger partial charge in [0.1, 0.15) is 10.7 Å². The van der Waals surface area contributed by atoms with E-state index in [-0.39, 0.29) is 22.0 Å². The molecule has 0 saturated carbocycles. The molecule has 102 valence electrons. The molecule has 0 fully saturated rings. The van der Waals surface area contributed by atoms with E-state index in [1.165, 1.54) is 6.08 Å². The fraction of sp³-hybridized carbons (Fsp3) is 0.182. The van der Waals surface area contributed by atoms with Crippen LogP contribution in [-0.2, 0) is 20.9 Å². The van der Waals surface area contributed by atoms with Crippen LogP contribution < -0.4 is 5.32 Å². The van der Waals surface area contributed by atoms with Gasteiger partial charge in [-0.25, -0.2) is 4.98 Å². The maximum Gasteiger partial charge on any atom is 0.273 e. The van der Waals surface area contributed by atoms with Crippen LogP contribution in [0, 0.1) is 0 Å². The molecule has 0 bridgehead atoms. The van der Waals surface area contributed by atoms with Crippen LogP contribution in [0.5, 0.6) is 5.75 Å². The summed E-state index contributed by atoms with van der Waals surface area (Å²) >= 11 is 4.76. The first-order valence-electron chi connectivity index (χ1n) is 5.23. The molecule has 6 nitrogen and oxygen atoms in total. The number of aliphatic imine (C=N–C) groups is 1. The van der Waals surface area contributed by atoms with Gasteiger partial charge in [0.25, 0.3) is 5.91 Å². The Hall–Kier alpha value is -1.64. The van der Waals surface area contributed by atoms with Crippen LogP contribution in [-0.4, -0.2) is 33.8 Å². The van der Waals surface area contributed by atoms with Crippen LogP contribution in [0.4, 0.5) is 5.69 Å². The highest BCUT2D eigenvalue weighted by Crippen LogP contribution is 2.36. The predicted octanol–water partition coefficient (Wildman–Crippen LogP) is 1.42. The summed E-state index contributed by atoms with van der Waals surface area (Å²) in [5.41, 5.74) is 0.0419. The van der Waals surface area contributed by atoms with Crippen molar-refractivity contribution in [2.45, 2.75) is 11.9 Å². The lowest BCUT2D eigenvalue weighted by Gasteiger charge is -2.12. The van der Waals surface area contributed by atoms with Gasteiger partial charge in [-0.15, -0.1) is 0 Å². The highest BCUT2D eigenvalue weighted by Gasteiger charge is 2.22. The summed E-state index contributed by atoms with van der Waals surface area (Å²) in [6.07, 6.45) is 1.34. The molecule has 1 unspecified atom stereocenters. The number of carbonyl (C=O) groups excluding carboxylic acids is 1. The first-order valence-corrected chi connectivity index (χ1v) is 7.33. The minimum Gasteiger partial charge on any atom is -0.504 e. The normalized spacial score (nSPS) is 11.7. The van der Waals surface area contributed by atoms with Crippen molar-refractivity contribution >= 4 is 45.3 Å². The SMILES string of the molecule is C=Cc1c(S(O)=S)nc(C(=O)NCC)c(O)c1N=C. The number of amides is 1. The van der Waals surface area contributed by atoms with Gasteiger partial charge in [-0.1, -0.05) is 12.7 Å². The summed E-state index contributed by atoms with van der Waals surface area (Å²) in [6.45, 7) is 8.96. The Labute approximate surface area is 117 Å². The summed E-state index contributed by atoms with van der Waals surface area (Å²) in [5.74, 6) is -0.998. The largest absolute Gasteiger partial charge is 0.504 e. The van der Waals surface area contributed by atoms with Crippen molar-refractivity contribution in [2.75, 3.05) is 6.54 Å². The summed E-state index contributed by atoms with van der Waals surface area (Å²) in [4.78, 5) is 19.3. The van der Waals surface area contributed by atoms with E-state index in [4.69, 9.17) is 11.2 Å². The molecule has 1 atom stereocenters. The third-order valence-corrected chi connectivity index (χ3v) is 3.34. The number of aromatic nitrogens is 1. The smallest absolute Gasteiger partial charge is 0.273 e. The Kier molecular flexibility index (Phi) is 5.28. The van der Waals surface area contributed by atoms with Crippen LogP contribution in [0.2, 0.25) is 0 Å². The average Bonchev–Trinajstić information content (AvgIpc) is 2.37. The summed E-state index contributed by atoms with van der Waals surface area (Å²) in [5, 5.41) is 12.5. The third-order valence-electron chi connectivity index (χ3n) is 2.23. The number of hydrogen-bond acceptors (Lipinski definition) is 5. The van der Waals surface area contributed by atoms with Crippen LogP contribution in [0.3, 0.4) is 0 Å². The van der Waals surface area contributed by atoms with Gasteiger partial charge in [0.05, 0.1) is 9.74 Å². The predicted molar refractivity (Wildman–Crippen MR) is 78.8 cm³/mol. The zero-order chi connectivity index (χ0) is 14.6. The molecule has 1 heterocycles. The standard InChI is InChI=1S/C11H13N3O3S2/c1-4-6-7(12-3)9(15)8(10(16)13-5-2)14-11(6)19(17)18/h4,15H,1,3,5H2,2H3,(H,13,16)(H,17,18). The average molecular weight is 299 g/mol. The van der Waals surface area contributed by atoms with Crippen molar-refractivity contribution < 1.29 is 14.5 Å². The van der Waals surface area contributed by atoms with Crippen molar-refractivity contribution in [1.29, 1.82) is 0 Å². The Morgan fingerprint density at radius 2 is 2.32 bits per heavy atom. The van der Waals surface area contributed by atoms with Gasteiger partial charge in [0.15, 0.2) is 11.4 Å². The number of rotatable bonds is 5. The molecule has 0 aliphatic carbocycles. The van der Waals surface area contributed by atoms with Crippen molar-refractivity contribution in [3.8, 4) is 5.75 Å². The van der Waals surface area contributed by atoms with Gasteiger partial charge in [-0.2, -0.15) is 0 Å². The summed E-state index contributed by atoms with van der Waals surface area (Å²) in [6, 6.07) is 0. The maximum atomic E-state index is 11.8. The topological polar surface area (TPSA) is 94.8 Å². The molecule has 3 N–H and O–H groups in total. The monoisotopic (exact) mass is 299 g/mol. The zero-order valence-electron chi connectivity index (χ0n) is 10.2. The van der Waals surface area contributed by atoms with Crippen LogP contribution >= 0.6 is 0 Å². The Balaban J connectivity index is 3.64. The van der Waals surface area contributed by atoms with Crippen molar-refractivity contribution in [1.82, 2.24) is 10.3 Å². The highest BCUT2D eigenvalue weighted by molar-refractivity contribution is 8.25. The second-order valence-corrected chi connectivity index (χ2v) is 5.18. The number of aromatic hydroxyl groups is 1. The zero-order valence-corrected chi connectivity index (χ0v) is 11.8. The fourth-order valence-electron chi connectivity index (χ4n) is 1.44. The molecule has 0 aromatic carbocycles. The second-order valence-electron chi connectivity index (χ2n) is 3.35. The molecular formula is C11H13N3O3S2. The molecule has 1 aromatic heterocycles. The molecular weight excluding hydrogens is 286 g/mol. The van der Waals surface area contributed by atoms with Crippen molar-refractivity contribution in [2.24, 2.45) is 4.99 Å². The van der Waals surface area contributed by atoms with Gasteiger partial charge >= 0.3 is 0 Å². The second kappa shape index (κ2) is 6.50. The fourth-order valence-corrected chi connectivity index (χ4v) is 2.35. The van der Waals surface area contributed by atoms with E-state index in [1.54, 1.807) is 6.92 Å². The molecule has 1 rings (SSSR count). The molecule has 1 amide bonds. The molecule has 8 heteroatoms. The Morgan fingerprint density at radius 1 is 1.68 bits per heavy atom. The van der Waals surface area contributed by atoms with Gasteiger partial charge in [0, 0.05) is 12.1 Å². The van der Waals surface area contributed by atoms with Gasteiger partial charge in [-0.05, 0) is 24.8 Å². The quantitative estimate of drug-likeness (QED) is 0.715. The first-order chi connectivity index (χ1) is 8.97. The van der Waals surface area contributed by atoms with Crippen LogP contribution in [0.15, 0.2) is 16.6 Å². The number of nitrogens with one attached hydrogen (secondary N) is 1. The van der Waals surface area contributed by atoms with Gasteiger partial charge in [0.2, 0.25) is 0 Å². The number of nitrogens with zero attached hydrogens (tertiary/aromatic N) is 2. The molecule has 0 aliphatic rings. The summed E-state index contributed by atoms with van der Waals surface area (Å²) in [7, 11) is -1.62. The van der Waals surface area contributed by atoms with Gasteiger partial charge in [-0.3, -0.25) is 9.79 Å². The Bertz CT molecular complexity index is 573. The molecule has 0 radical (unpaired) electrons. The summed E-state index contributed by atoms with van der Waals surface area (Å²) < 4.78 is 9.54. The van der Waals surface area contributed by atoms with Gasteiger partial charge < -0.3 is 15.0 Å². The minimum atomic E-state index is -1.62. The minimum absolute atomic E-state index is 0.0256. The number of carbonyl (C=O) groups is 1. The molecule has 0 saturated heterocycles. The van der Waals surface area contributed by atoms with E-state index in [0.717, 1.165) is 0 Å². The van der Waals surface area contributed by atoms with Crippen molar-refractivity contribution in [3.05, 3.63) is 17.8 Å². The number of pyridine rings is 1. The van der Waals surface area contributed by atoms with E-state index in [0.29, 0.717) is 6.54 Å². The first kappa shape index (κ1) is 15.4. The lowest BCUT2D eigenvalue weighted by molar-refractivity contribution is 0.0947. The third kappa shape index (κ3) is 3.03. The highest BCUT2D eigenvalue weighted by atomic mass is 32.8. The van der Waals surface area contributed by atoms with E-state index >= 15 is 0 Å². The van der Waals surface area contributed by atoms with E-state index in [2.05, 4.69) is 28.6 Å². The lowest BCUT2D eigenvalue weighted by atomic mass is 10.1.